The summed E-state index contributed by atoms with van der Waals surface area (Å²) in [5.41, 5.74) is 8.43. The Morgan fingerprint density at radius 1 is 1.33 bits per heavy atom. The Balaban J connectivity index is 2.90. The molecule has 0 amide bonds. The van der Waals surface area contributed by atoms with Gasteiger partial charge < -0.3 is 10.5 Å². The molecular weight excluding hydrogens is 186 g/mol. The summed E-state index contributed by atoms with van der Waals surface area (Å²) in [6, 6.07) is 6.30. The number of ether oxygens (including phenoxy) is 1. The van der Waals surface area contributed by atoms with E-state index in [9.17, 15) is 0 Å². The molecule has 1 atom stereocenters. The van der Waals surface area contributed by atoms with Crippen molar-refractivity contribution in [3.05, 3.63) is 29.3 Å². The number of hydrogen-bond donors (Lipinski definition) is 1. The predicted molar refractivity (Wildman–Crippen MR) is 64.1 cm³/mol. The molecular formula is C13H21NO. The van der Waals surface area contributed by atoms with Gasteiger partial charge in [0.2, 0.25) is 0 Å². The molecule has 0 spiro atoms. The van der Waals surface area contributed by atoms with E-state index in [4.69, 9.17) is 10.5 Å². The first-order valence-corrected chi connectivity index (χ1v) is 5.55. The third-order valence-electron chi connectivity index (χ3n) is 2.60. The van der Waals surface area contributed by atoms with E-state index < -0.39 is 0 Å². The summed E-state index contributed by atoms with van der Waals surface area (Å²) in [6.45, 7) is 9.03. The molecule has 0 saturated carbocycles. The molecule has 1 aromatic rings. The van der Waals surface area contributed by atoms with E-state index in [1.807, 2.05) is 13.0 Å². The smallest absolute Gasteiger partial charge is 0.122 e. The van der Waals surface area contributed by atoms with Crippen LogP contribution in [0.25, 0.3) is 0 Å². The first kappa shape index (κ1) is 12.1. The molecule has 0 saturated heterocycles. The van der Waals surface area contributed by atoms with E-state index in [1.54, 1.807) is 0 Å². The van der Waals surface area contributed by atoms with Crippen LogP contribution in [0.5, 0.6) is 5.75 Å². The number of hydrogen-bond acceptors (Lipinski definition) is 2. The highest BCUT2D eigenvalue weighted by molar-refractivity contribution is 5.37. The lowest BCUT2D eigenvalue weighted by Crippen LogP contribution is -2.16. The summed E-state index contributed by atoms with van der Waals surface area (Å²) < 4.78 is 5.49. The van der Waals surface area contributed by atoms with Crippen LogP contribution in [0.15, 0.2) is 18.2 Å². The van der Waals surface area contributed by atoms with Crippen molar-refractivity contribution in [1.29, 1.82) is 0 Å². The van der Waals surface area contributed by atoms with Gasteiger partial charge in [-0.2, -0.15) is 0 Å². The molecule has 0 fully saturated rings. The molecule has 15 heavy (non-hydrogen) atoms. The van der Waals surface area contributed by atoms with Crippen molar-refractivity contribution in [2.45, 2.75) is 33.7 Å². The van der Waals surface area contributed by atoms with E-state index >= 15 is 0 Å². The highest BCUT2D eigenvalue weighted by Gasteiger charge is 2.11. The molecule has 0 aliphatic heterocycles. The fraction of sp³-hybridized carbons (Fsp3) is 0.538. The lowest BCUT2D eigenvalue weighted by atomic mass is 9.96. The highest BCUT2D eigenvalue weighted by Crippen LogP contribution is 2.25. The van der Waals surface area contributed by atoms with Crippen molar-refractivity contribution in [3.63, 3.8) is 0 Å². The molecule has 2 nitrogen and oxygen atoms in total. The molecule has 2 N–H and O–H groups in total. The van der Waals surface area contributed by atoms with Crippen molar-refractivity contribution >= 4 is 0 Å². The second kappa shape index (κ2) is 5.17. The van der Waals surface area contributed by atoms with E-state index in [0.29, 0.717) is 12.5 Å². The van der Waals surface area contributed by atoms with Gasteiger partial charge in [-0.25, -0.2) is 0 Å². The molecule has 0 radical (unpaired) electrons. The molecule has 0 aromatic heterocycles. The first-order chi connectivity index (χ1) is 7.06. The SMILES string of the molecule is CCOc1ccc(C(N)C(C)C)cc1C. The number of nitrogens with two attached hydrogens (primary N) is 1. The van der Waals surface area contributed by atoms with Crippen molar-refractivity contribution in [3.8, 4) is 5.75 Å². The first-order valence-electron chi connectivity index (χ1n) is 5.55. The van der Waals surface area contributed by atoms with Gasteiger partial charge in [-0.05, 0) is 37.0 Å². The van der Waals surface area contributed by atoms with Crippen LogP contribution < -0.4 is 10.5 Å². The van der Waals surface area contributed by atoms with Crippen LogP contribution in [-0.4, -0.2) is 6.61 Å². The Bertz CT molecular complexity index is 320. The summed E-state index contributed by atoms with van der Waals surface area (Å²) in [6.07, 6.45) is 0. The highest BCUT2D eigenvalue weighted by atomic mass is 16.5. The van der Waals surface area contributed by atoms with E-state index in [-0.39, 0.29) is 6.04 Å². The molecule has 1 unspecified atom stereocenters. The topological polar surface area (TPSA) is 35.2 Å². The van der Waals surface area contributed by atoms with Crippen LogP contribution in [-0.2, 0) is 0 Å². The zero-order valence-corrected chi connectivity index (χ0v) is 10.1. The van der Waals surface area contributed by atoms with Crippen molar-refractivity contribution < 1.29 is 4.74 Å². The van der Waals surface area contributed by atoms with E-state index in [2.05, 4.69) is 32.9 Å². The predicted octanol–water partition coefficient (Wildman–Crippen LogP) is 3.05. The minimum absolute atomic E-state index is 0.111. The molecule has 0 aliphatic rings. The molecule has 1 rings (SSSR count). The van der Waals surface area contributed by atoms with Crippen LogP contribution in [0.2, 0.25) is 0 Å². The maximum Gasteiger partial charge on any atom is 0.122 e. The van der Waals surface area contributed by atoms with Gasteiger partial charge in [0.1, 0.15) is 5.75 Å². The summed E-state index contributed by atoms with van der Waals surface area (Å²) in [4.78, 5) is 0. The van der Waals surface area contributed by atoms with Gasteiger partial charge >= 0.3 is 0 Å². The molecule has 84 valence electrons. The van der Waals surface area contributed by atoms with Crippen LogP contribution >= 0.6 is 0 Å². The monoisotopic (exact) mass is 207 g/mol. The van der Waals surface area contributed by atoms with Gasteiger partial charge in [-0.1, -0.05) is 26.0 Å². The summed E-state index contributed by atoms with van der Waals surface area (Å²) in [5.74, 6) is 1.42. The van der Waals surface area contributed by atoms with Crippen LogP contribution in [0, 0.1) is 12.8 Å². The Hall–Kier alpha value is -1.02. The summed E-state index contributed by atoms with van der Waals surface area (Å²) >= 11 is 0. The van der Waals surface area contributed by atoms with Gasteiger partial charge in [0.05, 0.1) is 6.61 Å². The van der Waals surface area contributed by atoms with Gasteiger partial charge in [-0.15, -0.1) is 0 Å². The van der Waals surface area contributed by atoms with Gasteiger partial charge in [0.25, 0.3) is 0 Å². The zero-order chi connectivity index (χ0) is 11.4. The Labute approximate surface area is 92.4 Å². The zero-order valence-electron chi connectivity index (χ0n) is 10.1. The van der Waals surface area contributed by atoms with Crippen LogP contribution in [0.3, 0.4) is 0 Å². The van der Waals surface area contributed by atoms with Crippen molar-refractivity contribution in [1.82, 2.24) is 0 Å². The standard InChI is InChI=1S/C13H21NO/c1-5-15-12-7-6-11(8-10(12)4)13(14)9(2)3/h6-9,13H,5,14H2,1-4H3. The number of benzene rings is 1. The Morgan fingerprint density at radius 2 is 2.00 bits per heavy atom. The molecule has 0 heterocycles. The largest absolute Gasteiger partial charge is 0.494 e. The Morgan fingerprint density at radius 3 is 2.47 bits per heavy atom. The quantitative estimate of drug-likeness (QED) is 0.823. The van der Waals surface area contributed by atoms with Crippen LogP contribution in [0.4, 0.5) is 0 Å². The number of aryl methyl sites for hydroxylation is 1. The number of rotatable bonds is 4. The lowest BCUT2D eigenvalue weighted by molar-refractivity contribution is 0.337. The van der Waals surface area contributed by atoms with Crippen LogP contribution in [0.1, 0.15) is 37.9 Å². The summed E-state index contributed by atoms with van der Waals surface area (Å²) in [5, 5.41) is 0. The van der Waals surface area contributed by atoms with E-state index in [1.165, 1.54) is 5.56 Å². The molecule has 2 heteroatoms. The van der Waals surface area contributed by atoms with E-state index in [0.717, 1.165) is 11.3 Å². The van der Waals surface area contributed by atoms with Gasteiger partial charge in [-0.3, -0.25) is 0 Å². The second-order valence-electron chi connectivity index (χ2n) is 4.23. The minimum Gasteiger partial charge on any atom is -0.494 e. The lowest BCUT2D eigenvalue weighted by Gasteiger charge is -2.17. The molecule has 0 aliphatic carbocycles. The van der Waals surface area contributed by atoms with Gasteiger partial charge in [0.15, 0.2) is 0 Å². The molecule has 1 aromatic carbocycles. The van der Waals surface area contributed by atoms with Crippen molar-refractivity contribution in [2.24, 2.45) is 11.7 Å². The normalized spacial score (nSPS) is 12.9. The maximum absolute atomic E-state index is 6.09. The minimum atomic E-state index is 0.111. The Kier molecular flexibility index (Phi) is 4.15. The third-order valence-corrected chi connectivity index (χ3v) is 2.60. The fourth-order valence-corrected chi connectivity index (χ4v) is 1.58. The summed E-state index contributed by atoms with van der Waals surface area (Å²) in [7, 11) is 0. The molecule has 0 bridgehead atoms. The average Bonchev–Trinajstić information content (AvgIpc) is 2.20. The average molecular weight is 207 g/mol. The third kappa shape index (κ3) is 2.96. The maximum atomic E-state index is 6.09. The fourth-order valence-electron chi connectivity index (χ4n) is 1.58. The van der Waals surface area contributed by atoms with Crippen molar-refractivity contribution in [2.75, 3.05) is 6.61 Å². The second-order valence-corrected chi connectivity index (χ2v) is 4.23. The van der Waals surface area contributed by atoms with Gasteiger partial charge in [0, 0.05) is 6.04 Å².